The lowest BCUT2D eigenvalue weighted by Gasteiger charge is -2.18. The molecule has 0 fully saturated rings. The average Bonchev–Trinajstić information content (AvgIpc) is 2.30. The molecular formula is C12H15ClFNO4S. The van der Waals surface area contributed by atoms with Crippen LogP contribution in [0.25, 0.3) is 0 Å². The third kappa shape index (κ3) is 4.73. The quantitative estimate of drug-likeness (QED) is 0.838. The van der Waals surface area contributed by atoms with E-state index in [2.05, 4.69) is 4.72 Å². The molecule has 2 N–H and O–H groups in total. The van der Waals surface area contributed by atoms with Crippen LogP contribution in [0.5, 0.6) is 0 Å². The molecule has 0 spiro atoms. The number of nitrogens with one attached hydrogen (secondary N) is 1. The zero-order chi connectivity index (χ0) is 15.5. The number of carboxylic acid groups (broad SMARTS) is 1. The first-order valence-electron chi connectivity index (χ1n) is 5.79. The molecule has 1 atom stereocenters. The minimum Gasteiger partial charge on any atom is -0.480 e. The first-order chi connectivity index (χ1) is 9.12. The third-order valence-corrected chi connectivity index (χ3v) is 4.13. The van der Waals surface area contributed by atoms with Gasteiger partial charge in [0.15, 0.2) is 0 Å². The van der Waals surface area contributed by atoms with Crippen molar-refractivity contribution in [3.05, 3.63) is 34.6 Å². The summed E-state index contributed by atoms with van der Waals surface area (Å²) < 4.78 is 39.3. The Morgan fingerprint density at radius 3 is 2.55 bits per heavy atom. The van der Waals surface area contributed by atoms with Crippen LogP contribution in [0.2, 0.25) is 5.02 Å². The van der Waals surface area contributed by atoms with Gasteiger partial charge in [-0.25, -0.2) is 17.5 Å². The van der Waals surface area contributed by atoms with Crippen molar-refractivity contribution in [1.29, 1.82) is 0 Å². The van der Waals surface area contributed by atoms with Gasteiger partial charge >= 0.3 is 5.97 Å². The number of rotatable bonds is 6. The van der Waals surface area contributed by atoms with E-state index in [9.17, 15) is 17.6 Å². The number of hydrogen-bond acceptors (Lipinski definition) is 3. The van der Waals surface area contributed by atoms with Gasteiger partial charge in [0.05, 0.1) is 5.75 Å². The van der Waals surface area contributed by atoms with Crippen LogP contribution in [0.15, 0.2) is 18.2 Å². The van der Waals surface area contributed by atoms with Gasteiger partial charge in [-0.15, -0.1) is 0 Å². The maximum absolute atomic E-state index is 13.5. The second kappa shape index (κ2) is 6.51. The molecular weight excluding hydrogens is 309 g/mol. The van der Waals surface area contributed by atoms with E-state index in [1.165, 1.54) is 12.1 Å². The van der Waals surface area contributed by atoms with E-state index in [0.29, 0.717) is 0 Å². The van der Waals surface area contributed by atoms with Crippen molar-refractivity contribution in [2.75, 3.05) is 0 Å². The molecule has 0 saturated heterocycles. The van der Waals surface area contributed by atoms with E-state index in [1.807, 2.05) is 0 Å². The highest BCUT2D eigenvalue weighted by atomic mass is 35.5. The van der Waals surface area contributed by atoms with Gasteiger partial charge in [0, 0.05) is 10.6 Å². The van der Waals surface area contributed by atoms with Crippen LogP contribution < -0.4 is 4.72 Å². The molecule has 0 amide bonds. The summed E-state index contributed by atoms with van der Waals surface area (Å²) in [6.07, 6.45) is 0. The topological polar surface area (TPSA) is 83.5 Å². The van der Waals surface area contributed by atoms with Gasteiger partial charge in [-0.2, -0.15) is 0 Å². The smallest absolute Gasteiger partial charge is 0.321 e. The van der Waals surface area contributed by atoms with Crippen molar-refractivity contribution in [2.24, 2.45) is 5.92 Å². The average molecular weight is 324 g/mol. The van der Waals surface area contributed by atoms with Crippen LogP contribution >= 0.6 is 11.6 Å². The lowest BCUT2D eigenvalue weighted by atomic mass is 10.1. The molecule has 1 rings (SSSR count). The van der Waals surface area contributed by atoms with Gasteiger partial charge in [0.2, 0.25) is 10.0 Å². The van der Waals surface area contributed by atoms with E-state index in [0.717, 1.165) is 6.07 Å². The second-order valence-electron chi connectivity index (χ2n) is 4.67. The Hall–Kier alpha value is -1.18. The monoisotopic (exact) mass is 323 g/mol. The zero-order valence-corrected chi connectivity index (χ0v) is 12.5. The fourth-order valence-corrected chi connectivity index (χ4v) is 3.23. The lowest BCUT2D eigenvalue weighted by Crippen LogP contribution is -2.44. The molecule has 1 aromatic rings. The first kappa shape index (κ1) is 16.9. The summed E-state index contributed by atoms with van der Waals surface area (Å²) in [7, 11) is -3.99. The molecule has 5 nitrogen and oxygen atoms in total. The number of hydrogen-bond donors (Lipinski definition) is 2. The maximum Gasteiger partial charge on any atom is 0.321 e. The van der Waals surface area contributed by atoms with E-state index >= 15 is 0 Å². The maximum atomic E-state index is 13.5. The summed E-state index contributed by atoms with van der Waals surface area (Å²) in [5.41, 5.74) is -0.113. The van der Waals surface area contributed by atoms with Crippen LogP contribution in [-0.4, -0.2) is 25.5 Å². The Labute approximate surface area is 121 Å². The summed E-state index contributed by atoms with van der Waals surface area (Å²) in [4.78, 5) is 11.0. The van der Waals surface area contributed by atoms with Crippen molar-refractivity contribution >= 4 is 27.6 Å². The summed E-state index contributed by atoms with van der Waals surface area (Å²) in [6, 6.07) is 2.29. The van der Waals surface area contributed by atoms with E-state index in [1.54, 1.807) is 13.8 Å². The van der Waals surface area contributed by atoms with Crippen molar-refractivity contribution in [2.45, 2.75) is 25.6 Å². The van der Waals surface area contributed by atoms with Crippen molar-refractivity contribution in [1.82, 2.24) is 4.72 Å². The fourth-order valence-electron chi connectivity index (χ4n) is 1.57. The van der Waals surface area contributed by atoms with Crippen LogP contribution in [0, 0.1) is 11.7 Å². The number of halogens is 2. The molecule has 0 heterocycles. The number of sulfonamides is 1. The molecule has 0 saturated carbocycles. The molecule has 0 bridgehead atoms. The summed E-state index contributed by atoms with van der Waals surface area (Å²) in [5.74, 6) is -3.10. The lowest BCUT2D eigenvalue weighted by molar-refractivity contribution is -0.140. The van der Waals surface area contributed by atoms with Gasteiger partial charge in [-0.1, -0.05) is 25.4 Å². The number of benzene rings is 1. The molecule has 0 aliphatic carbocycles. The minimum atomic E-state index is -3.99. The van der Waals surface area contributed by atoms with Gasteiger partial charge in [-0.05, 0) is 24.1 Å². The molecule has 8 heteroatoms. The Morgan fingerprint density at radius 1 is 1.45 bits per heavy atom. The van der Waals surface area contributed by atoms with Crippen molar-refractivity contribution in [3.63, 3.8) is 0 Å². The van der Waals surface area contributed by atoms with Crippen LogP contribution in [-0.2, 0) is 20.6 Å². The molecule has 0 unspecified atom stereocenters. The van der Waals surface area contributed by atoms with Gasteiger partial charge in [-0.3, -0.25) is 4.79 Å². The molecule has 112 valence electrons. The molecule has 0 aromatic heterocycles. The van der Waals surface area contributed by atoms with Gasteiger partial charge in [0.25, 0.3) is 0 Å². The second-order valence-corrected chi connectivity index (χ2v) is 6.86. The fraction of sp³-hybridized carbons (Fsp3) is 0.417. The van der Waals surface area contributed by atoms with Crippen molar-refractivity contribution < 1.29 is 22.7 Å². The minimum absolute atomic E-state index is 0.113. The van der Waals surface area contributed by atoms with Crippen LogP contribution in [0.4, 0.5) is 4.39 Å². The highest BCUT2D eigenvalue weighted by Crippen LogP contribution is 2.17. The predicted octanol–water partition coefficient (Wildman–Crippen LogP) is 2.01. The van der Waals surface area contributed by atoms with Gasteiger partial charge in [0.1, 0.15) is 11.9 Å². The molecule has 0 aliphatic heterocycles. The standard InChI is InChI=1S/C12H15ClFNO4S/c1-7(2)11(12(16)17)15-20(18,19)6-8-5-9(13)3-4-10(8)14/h3-5,7,11,15H,6H2,1-2H3,(H,16,17)/t11-/m0/s1. The van der Waals surface area contributed by atoms with Crippen LogP contribution in [0.1, 0.15) is 19.4 Å². The number of carboxylic acids is 1. The molecule has 0 radical (unpaired) electrons. The first-order valence-corrected chi connectivity index (χ1v) is 7.82. The largest absolute Gasteiger partial charge is 0.480 e. The Kier molecular flexibility index (Phi) is 5.50. The highest BCUT2D eigenvalue weighted by Gasteiger charge is 2.27. The third-order valence-electron chi connectivity index (χ3n) is 2.59. The van der Waals surface area contributed by atoms with E-state index in [4.69, 9.17) is 16.7 Å². The number of aliphatic carboxylic acids is 1. The SMILES string of the molecule is CC(C)[C@H](NS(=O)(=O)Cc1cc(Cl)ccc1F)C(=O)O. The predicted molar refractivity (Wildman–Crippen MR) is 73.4 cm³/mol. The van der Waals surface area contributed by atoms with E-state index in [-0.39, 0.29) is 10.6 Å². The molecule has 0 aliphatic rings. The van der Waals surface area contributed by atoms with Crippen LogP contribution in [0.3, 0.4) is 0 Å². The Bertz CT molecular complexity index is 603. The summed E-state index contributed by atoms with van der Waals surface area (Å²) in [6.45, 7) is 3.14. The summed E-state index contributed by atoms with van der Waals surface area (Å²) >= 11 is 5.68. The van der Waals surface area contributed by atoms with E-state index < -0.39 is 39.5 Å². The van der Waals surface area contributed by atoms with Crippen molar-refractivity contribution in [3.8, 4) is 0 Å². The Morgan fingerprint density at radius 2 is 2.05 bits per heavy atom. The molecule has 20 heavy (non-hydrogen) atoms. The number of carbonyl (C=O) groups is 1. The van der Waals surface area contributed by atoms with Gasteiger partial charge < -0.3 is 5.11 Å². The normalized spacial score (nSPS) is 13.4. The zero-order valence-electron chi connectivity index (χ0n) is 10.9. The Balaban J connectivity index is 2.95. The summed E-state index contributed by atoms with van der Waals surface area (Å²) in [5, 5.41) is 9.15. The highest BCUT2D eigenvalue weighted by molar-refractivity contribution is 7.88. The molecule has 1 aromatic carbocycles.